The van der Waals surface area contributed by atoms with Gasteiger partial charge in [-0.05, 0) is 0 Å². The number of unbranched alkanes of at least 4 members (excludes halogenated alkanes) is 3. The summed E-state index contributed by atoms with van der Waals surface area (Å²) in [5, 5.41) is 8.69. The Bertz CT molecular complexity index is 271. The molecule has 0 rings (SSSR count). The van der Waals surface area contributed by atoms with E-state index < -0.39 is 24.3 Å². The molecular weight excluding hydrogens is 387 g/mol. The number of aliphatic carboxylic acids is 1. The van der Waals surface area contributed by atoms with Crippen LogP contribution in [0.2, 0.25) is 13.3 Å². The normalized spacial score (nSPS) is 12.1. The number of rotatable bonds is 14. The molecule has 0 aliphatic rings. The molecule has 0 fully saturated rings. The summed E-state index contributed by atoms with van der Waals surface area (Å²) in [5.41, 5.74) is 0. The predicted octanol–water partition coefficient (Wildman–Crippen LogP) is 5.75. The number of hydrogen-bond acceptors (Lipinski definition) is 2. The first kappa shape index (κ1) is 21.4. The Hall–Kier alpha value is 0.359. The van der Waals surface area contributed by atoms with Crippen LogP contribution < -0.4 is 0 Å². The van der Waals surface area contributed by atoms with Crippen LogP contribution in [0.3, 0.4) is 0 Å². The van der Waals surface area contributed by atoms with E-state index in [-0.39, 0.29) is 5.75 Å². The molecule has 124 valence electrons. The molecule has 0 unspecified atom stereocenters. The van der Waals surface area contributed by atoms with Crippen molar-refractivity contribution >= 4 is 36.1 Å². The Morgan fingerprint density at radius 1 is 1.00 bits per heavy atom. The van der Waals surface area contributed by atoms with E-state index in [1.54, 1.807) is 0 Å². The van der Waals surface area contributed by atoms with Crippen molar-refractivity contribution in [2.75, 3.05) is 11.5 Å². The molecule has 0 amide bonds. The number of thioether (sulfide) groups is 1. The van der Waals surface area contributed by atoms with Gasteiger partial charge in [-0.15, -0.1) is 0 Å². The number of carboxylic acid groups (broad SMARTS) is 1. The van der Waals surface area contributed by atoms with Gasteiger partial charge in [0.1, 0.15) is 0 Å². The summed E-state index contributed by atoms with van der Waals surface area (Å²) in [4.78, 5) is 10.6. The van der Waals surface area contributed by atoms with Crippen molar-refractivity contribution < 1.29 is 9.90 Å². The van der Waals surface area contributed by atoms with Gasteiger partial charge in [-0.1, -0.05) is 0 Å². The standard InChI is InChI=1S/C5H7O2S.3C4H9.Sn/c1-2-3-8-4-5(6)7;3*1-3-4-2;/h1-2H,3-4H2,(H,6,7);3*1,3-4H2,2H3;. The second kappa shape index (κ2) is 14.0. The van der Waals surface area contributed by atoms with Crippen LogP contribution in [0.4, 0.5) is 0 Å². The summed E-state index contributed by atoms with van der Waals surface area (Å²) in [7, 11) is 0. The van der Waals surface area contributed by atoms with Crippen LogP contribution in [0.25, 0.3) is 0 Å². The summed E-state index contributed by atoms with van der Waals surface area (Å²) in [6.07, 6.45) is 10.4. The van der Waals surface area contributed by atoms with E-state index in [9.17, 15) is 4.79 Å². The van der Waals surface area contributed by atoms with Crippen LogP contribution in [0.1, 0.15) is 59.3 Å². The molecule has 0 saturated heterocycles. The zero-order chi connectivity index (χ0) is 16.0. The number of carbonyl (C=O) groups is 1. The Balaban J connectivity index is 4.60. The van der Waals surface area contributed by atoms with Gasteiger partial charge in [-0.3, -0.25) is 0 Å². The van der Waals surface area contributed by atoms with Crippen molar-refractivity contribution in [3.63, 3.8) is 0 Å². The van der Waals surface area contributed by atoms with Crippen molar-refractivity contribution in [3.05, 3.63) is 10.2 Å². The third-order valence-electron chi connectivity index (χ3n) is 4.00. The predicted molar refractivity (Wildman–Crippen MR) is 99.0 cm³/mol. The van der Waals surface area contributed by atoms with Gasteiger partial charge in [0.05, 0.1) is 0 Å². The Morgan fingerprint density at radius 2 is 1.48 bits per heavy atom. The van der Waals surface area contributed by atoms with E-state index in [0.717, 1.165) is 5.75 Å². The fourth-order valence-corrected chi connectivity index (χ4v) is 18.1. The van der Waals surface area contributed by atoms with Gasteiger partial charge in [0, 0.05) is 0 Å². The molecule has 0 atom stereocenters. The molecule has 0 aromatic carbocycles. The van der Waals surface area contributed by atoms with Crippen LogP contribution in [-0.2, 0) is 4.79 Å². The van der Waals surface area contributed by atoms with E-state index >= 15 is 0 Å². The van der Waals surface area contributed by atoms with E-state index in [2.05, 4.69) is 30.9 Å². The molecule has 0 aromatic rings. The molecule has 1 N–H and O–H groups in total. The molecular formula is C17H34O2SSn. The number of hydrogen-bond donors (Lipinski definition) is 1. The second-order valence-electron chi connectivity index (χ2n) is 5.98. The average Bonchev–Trinajstić information content (AvgIpc) is 2.47. The third-order valence-corrected chi connectivity index (χ3v) is 19.1. The Kier molecular flexibility index (Phi) is 14.2. The fraction of sp³-hybridized carbons (Fsp3) is 0.824. The van der Waals surface area contributed by atoms with E-state index in [0.29, 0.717) is 0 Å². The monoisotopic (exact) mass is 422 g/mol. The summed E-state index contributed by atoms with van der Waals surface area (Å²) < 4.78 is 7.10. The first-order valence-electron chi connectivity index (χ1n) is 8.57. The Labute approximate surface area is 140 Å². The van der Waals surface area contributed by atoms with Gasteiger partial charge in [0.25, 0.3) is 0 Å². The minimum atomic E-state index is -2.11. The molecule has 4 heteroatoms. The zero-order valence-corrected chi connectivity index (χ0v) is 17.9. The molecule has 0 bridgehead atoms. The van der Waals surface area contributed by atoms with E-state index in [1.807, 2.05) is 0 Å². The topological polar surface area (TPSA) is 37.3 Å². The van der Waals surface area contributed by atoms with Crippen LogP contribution in [0.5, 0.6) is 0 Å². The van der Waals surface area contributed by atoms with Gasteiger partial charge in [-0.25, -0.2) is 0 Å². The van der Waals surface area contributed by atoms with E-state index in [1.165, 1.54) is 63.6 Å². The van der Waals surface area contributed by atoms with Crippen molar-refractivity contribution in [1.29, 1.82) is 0 Å². The molecule has 0 spiro atoms. The van der Waals surface area contributed by atoms with Crippen molar-refractivity contribution in [2.45, 2.75) is 72.6 Å². The van der Waals surface area contributed by atoms with Gasteiger partial charge in [0.15, 0.2) is 0 Å². The first-order chi connectivity index (χ1) is 10.1. The van der Waals surface area contributed by atoms with Gasteiger partial charge >= 0.3 is 140 Å². The Morgan fingerprint density at radius 3 is 1.86 bits per heavy atom. The van der Waals surface area contributed by atoms with Crippen LogP contribution in [0, 0.1) is 0 Å². The SMILES string of the molecule is CCC[CH2][Sn](/[CH]=C/CSCC(=O)O)([CH2]CCC)[CH2]CCC. The third kappa shape index (κ3) is 11.6. The molecule has 2 nitrogen and oxygen atoms in total. The minimum absolute atomic E-state index is 0.228. The average molecular weight is 421 g/mol. The van der Waals surface area contributed by atoms with Crippen LogP contribution in [0.15, 0.2) is 10.2 Å². The van der Waals surface area contributed by atoms with Crippen molar-refractivity contribution in [3.8, 4) is 0 Å². The summed E-state index contributed by atoms with van der Waals surface area (Å²) in [6, 6.07) is 0. The summed E-state index contributed by atoms with van der Waals surface area (Å²) >= 11 is -0.591. The maximum atomic E-state index is 10.6. The van der Waals surface area contributed by atoms with Gasteiger partial charge in [-0.2, -0.15) is 0 Å². The molecule has 0 saturated carbocycles. The number of carboxylic acids is 1. The van der Waals surface area contributed by atoms with Crippen LogP contribution in [-0.4, -0.2) is 41.0 Å². The molecule has 0 aliphatic carbocycles. The quantitative estimate of drug-likeness (QED) is 0.287. The molecule has 0 heterocycles. The van der Waals surface area contributed by atoms with Crippen molar-refractivity contribution in [1.82, 2.24) is 0 Å². The van der Waals surface area contributed by atoms with Crippen molar-refractivity contribution in [2.24, 2.45) is 0 Å². The second-order valence-corrected chi connectivity index (χ2v) is 20.0. The van der Waals surface area contributed by atoms with Crippen LogP contribution >= 0.6 is 11.8 Å². The van der Waals surface area contributed by atoms with Gasteiger partial charge < -0.3 is 0 Å². The zero-order valence-electron chi connectivity index (χ0n) is 14.2. The molecule has 21 heavy (non-hydrogen) atoms. The van der Waals surface area contributed by atoms with E-state index in [4.69, 9.17) is 5.11 Å². The fourth-order valence-electron chi connectivity index (χ4n) is 2.72. The first-order valence-corrected chi connectivity index (χ1v) is 17.4. The summed E-state index contributed by atoms with van der Waals surface area (Å²) in [5.74, 6) is 0.396. The van der Waals surface area contributed by atoms with Gasteiger partial charge in [0.2, 0.25) is 0 Å². The maximum absolute atomic E-state index is 10.6. The molecule has 0 aromatic heterocycles. The molecule has 0 aliphatic heterocycles. The molecule has 0 radical (unpaired) electrons. The summed E-state index contributed by atoms with van der Waals surface area (Å²) in [6.45, 7) is 6.88.